The molecule has 3 rings (SSSR count). The summed E-state index contributed by atoms with van der Waals surface area (Å²) in [5.41, 5.74) is 0.496. The summed E-state index contributed by atoms with van der Waals surface area (Å²) in [6.07, 6.45) is -4.37. The molecule has 21 heavy (non-hydrogen) atoms. The Morgan fingerprint density at radius 1 is 1.33 bits per heavy atom. The molecule has 2 aromatic rings. The lowest BCUT2D eigenvalue weighted by Crippen LogP contribution is -2.13. The van der Waals surface area contributed by atoms with Crippen molar-refractivity contribution in [1.29, 1.82) is 0 Å². The average molecular weight is 299 g/mol. The van der Waals surface area contributed by atoms with E-state index in [1.807, 2.05) is 0 Å². The van der Waals surface area contributed by atoms with Crippen LogP contribution in [0, 0.1) is 0 Å². The van der Waals surface area contributed by atoms with Gasteiger partial charge >= 0.3 is 6.18 Å². The lowest BCUT2D eigenvalue weighted by Gasteiger charge is -2.04. The predicted octanol–water partition coefficient (Wildman–Crippen LogP) is 2.28. The average Bonchev–Trinajstić information content (AvgIpc) is 3.17. The van der Waals surface area contributed by atoms with Crippen LogP contribution in [-0.2, 0) is 18.0 Å². The van der Waals surface area contributed by atoms with E-state index in [2.05, 4.69) is 10.1 Å². The number of ether oxygens (including phenoxy) is 2. The largest absolute Gasteiger partial charge is 0.491 e. The maximum absolute atomic E-state index is 12.7. The van der Waals surface area contributed by atoms with Crippen molar-refractivity contribution in [3.05, 3.63) is 30.1 Å². The third-order valence-electron chi connectivity index (χ3n) is 2.97. The summed E-state index contributed by atoms with van der Waals surface area (Å²) in [4.78, 5) is 3.53. The van der Waals surface area contributed by atoms with Crippen molar-refractivity contribution in [3.63, 3.8) is 0 Å². The molecule has 1 aliphatic heterocycles. The molecule has 8 heteroatoms. The van der Waals surface area contributed by atoms with E-state index in [0.29, 0.717) is 24.5 Å². The Labute approximate surface area is 118 Å². The van der Waals surface area contributed by atoms with Crippen LogP contribution in [-0.4, -0.2) is 34.1 Å². The molecule has 1 aromatic carbocycles. The number of aromatic nitrogens is 3. The van der Waals surface area contributed by atoms with Gasteiger partial charge in [0.15, 0.2) is 5.82 Å². The highest BCUT2D eigenvalue weighted by Crippen LogP contribution is 2.29. The summed E-state index contributed by atoms with van der Waals surface area (Å²) in [6.45, 7) is 1.18. The SMILES string of the molecule is Cn1nc(-c2ccc(OCC3CO3)cc2)nc1C(F)(F)F. The molecule has 0 amide bonds. The molecule has 5 nitrogen and oxygen atoms in total. The van der Waals surface area contributed by atoms with E-state index < -0.39 is 12.0 Å². The van der Waals surface area contributed by atoms with E-state index in [1.165, 1.54) is 7.05 Å². The van der Waals surface area contributed by atoms with Gasteiger partial charge in [-0.3, -0.25) is 0 Å². The molecule has 1 saturated heterocycles. The molecular weight excluding hydrogens is 287 g/mol. The quantitative estimate of drug-likeness (QED) is 0.813. The number of hydrogen-bond acceptors (Lipinski definition) is 4. The molecule has 2 heterocycles. The molecular formula is C13H12F3N3O2. The van der Waals surface area contributed by atoms with E-state index in [-0.39, 0.29) is 11.9 Å². The Bertz CT molecular complexity index is 633. The van der Waals surface area contributed by atoms with Gasteiger partial charge in [-0.2, -0.15) is 18.3 Å². The summed E-state index contributed by atoms with van der Waals surface area (Å²) in [7, 11) is 1.21. The minimum Gasteiger partial charge on any atom is -0.491 e. The van der Waals surface area contributed by atoms with Crippen LogP contribution in [0.1, 0.15) is 5.82 Å². The lowest BCUT2D eigenvalue weighted by atomic mass is 10.2. The number of nitrogens with zero attached hydrogens (tertiary/aromatic N) is 3. The van der Waals surface area contributed by atoms with Gasteiger partial charge in [-0.15, -0.1) is 0 Å². The van der Waals surface area contributed by atoms with Gasteiger partial charge < -0.3 is 9.47 Å². The molecule has 112 valence electrons. The van der Waals surface area contributed by atoms with Crippen molar-refractivity contribution < 1.29 is 22.6 Å². The number of halogens is 3. The summed E-state index contributed by atoms with van der Waals surface area (Å²) in [5.74, 6) is -0.369. The number of rotatable bonds is 4. The van der Waals surface area contributed by atoms with Crippen LogP contribution < -0.4 is 4.74 Å². The molecule has 1 atom stereocenters. The Morgan fingerprint density at radius 3 is 2.52 bits per heavy atom. The maximum Gasteiger partial charge on any atom is 0.451 e. The first kappa shape index (κ1) is 13.9. The lowest BCUT2D eigenvalue weighted by molar-refractivity contribution is -0.147. The predicted molar refractivity (Wildman–Crippen MR) is 66.7 cm³/mol. The molecule has 0 radical (unpaired) electrons. The highest BCUT2D eigenvalue weighted by atomic mass is 19.4. The maximum atomic E-state index is 12.7. The first-order valence-electron chi connectivity index (χ1n) is 6.26. The van der Waals surface area contributed by atoms with Crippen molar-refractivity contribution in [2.24, 2.45) is 7.05 Å². The van der Waals surface area contributed by atoms with E-state index >= 15 is 0 Å². The summed E-state index contributed by atoms with van der Waals surface area (Å²) in [6, 6.07) is 6.58. The zero-order chi connectivity index (χ0) is 15.0. The van der Waals surface area contributed by atoms with E-state index in [9.17, 15) is 13.2 Å². The van der Waals surface area contributed by atoms with Crippen molar-refractivity contribution in [3.8, 4) is 17.1 Å². The third-order valence-corrected chi connectivity index (χ3v) is 2.97. The monoisotopic (exact) mass is 299 g/mol. The summed E-state index contributed by atoms with van der Waals surface area (Å²) >= 11 is 0. The minimum atomic E-state index is -4.52. The second-order valence-electron chi connectivity index (χ2n) is 4.67. The smallest absolute Gasteiger partial charge is 0.451 e. The molecule has 0 N–H and O–H groups in total. The topological polar surface area (TPSA) is 52.5 Å². The van der Waals surface area contributed by atoms with Gasteiger partial charge in [-0.25, -0.2) is 9.67 Å². The summed E-state index contributed by atoms with van der Waals surface area (Å²) in [5, 5.41) is 3.79. The standard InChI is InChI=1S/C13H12F3N3O2/c1-19-12(13(14,15)16)17-11(18-19)8-2-4-9(5-3-8)20-6-10-7-21-10/h2-5,10H,6-7H2,1H3. The van der Waals surface area contributed by atoms with Crippen LogP contribution in [0.4, 0.5) is 13.2 Å². The number of aryl methyl sites for hydroxylation is 1. The van der Waals surface area contributed by atoms with Crippen LogP contribution in [0.2, 0.25) is 0 Å². The Kier molecular flexibility index (Phi) is 3.32. The van der Waals surface area contributed by atoms with Gasteiger partial charge in [-0.1, -0.05) is 0 Å². The van der Waals surface area contributed by atoms with Crippen LogP contribution in [0.15, 0.2) is 24.3 Å². The molecule has 1 aromatic heterocycles. The zero-order valence-corrected chi connectivity index (χ0v) is 11.1. The fourth-order valence-electron chi connectivity index (χ4n) is 1.81. The molecule has 1 aliphatic rings. The molecule has 1 unspecified atom stereocenters. The first-order chi connectivity index (χ1) is 9.93. The van der Waals surface area contributed by atoms with Gasteiger partial charge in [0.1, 0.15) is 18.5 Å². The molecule has 0 spiro atoms. The second kappa shape index (κ2) is 5.03. The second-order valence-corrected chi connectivity index (χ2v) is 4.67. The number of benzene rings is 1. The number of hydrogen-bond donors (Lipinski definition) is 0. The first-order valence-corrected chi connectivity index (χ1v) is 6.26. The van der Waals surface area contributed by atoms with E-state index in [0.717, 1.165) is 4.68 Å². The van der Waals surface area contributed by atoms with Crippen molar-refractivity contribution in [2.75, 3.05) is 13.2 Å². The molecule has 0 saturated carbocycles. The Balaban J connectivity index is 1.77. The van der Waals surface area contributed by atoms with Crippen molar-refractivity contribution in [2.45, 2.75) is 12.3 Å². The fraction of sp³-hybridized carbons (Fsp3) is 0.385. The fourth-order valence-corrected chi connectivity index (χ4v) is 1.81. The highest BCUT2D eigenvalue weighted by Gasteiger charge is 2.37. The van der Waals surface area contributed by atoms with Gasteiger partial charge in [0.05, 0.1) is 6.61 Å². The highest BCUT2D eigenvalue weighted by molar-refractivity contribution is 5.56. The van der Waals surface area contributed by atoms with Gasteiger partial charge in [0, 0.05) is 12.6 Å². The third kappa shape index (κ3) is 3.15. The van der Waals surface area contributed by atoms with Crippen LogP contribution in [0.5, 0.6) is 5.75 Å². The molecule has 0 aliphatic carbocycles. The van der Waals surface area contributed by atoms with Crippen LogP contribution >= 0.6 is 0 Å². The normalized spacial score (nSPS) is 17.8. The Morgan fingerprint density at radius 2 is 2.00 bits per heavy atom. The van der Waals surface area contributed by atoms with Crippen LogP contribution in [0.25, 0.3) is 11.4 Å². The Hall–Kier alpha value is -2.09. The van der Waals surface area contributed by atoms with Gasteiger partial charge in [-0.05, 0) is 24.3 Å². The minimum absolute atomic E-state index is 0.0295. The van der Waals surface area contributed by atoms with Crippen molar-refractivity contribution >= 4 is 0 Å². The molecule has 1 fully saturated rings. The van der Waals surface area contributed by atoms with Crippen molar-refractivity contribution in [1.82, 2.24) is 14.8 Å². The summed E-state index contributed by atoms with van der Waals surface area (Å²) < 4.78 is 49.2. The van der Waals surface area contributed by atoms with Gasteiger partial charge in [0.25, 0.3) is 0 Å². The number of alkyl halides is 3. The van der Waals surface area contributed by atoms with Gasteiger partial charge in [0.2, 0.25) is 5.82 Å². The van der Waals surface area contributed by atoms with E-state index in [1.54, 1.807) is 24.3 Å². The molecule has 0 bridgehead atoms. The van der Waals surface area contributed by atoms with E-state index in [4.69, 9.17) is 9.47 Å². The van der Waals surface area contributed by atoms with Crippen LogP contribution in [0.3, 0.4) is 0 Å². The zero-order valence-electron chi connectivity index (χ0n) is 11.1. The number of epoxide rings is 1.